The molecule has 0 bridgehead atoms. The smallest absolute Gasteiger partial charge is 0.326 e. The number of nitrogens with zero attached hydrogens (tertiary/aromatic N) is 1. The molecule has 0 aromatic heterocycles. The van der Waals surface area contributed by atoms with Crippen LogP contribution in [0.25, 0.3) is 0 Å². The van der Waals surface area contributed by atoms with E-state index in [1.54, 1.807) is 30.3 Å². The fourth-order valence-corrected chi connectivity index (χ4v) is 7.15. The van der Waals surface area contributed by atoms with Crippen LogP contribution >= 0.6 is 0 Å². The zero-order chi connectivity index (χ0) is 23.6. The molecule has 2 aliphatic rings. The number of phenolic OH excluding ortho intramolecular Hbond substituents is 1. The van der Waals surface area contributed by atoms with Crippen LogP contribution in [0.4, 0.5) is 11.4 Å². The molecule has 3 N–H and O–H groups in total. The van der Waals surface area contributed by atoms with E-state index in [9.17, 15) is 26.7 Å². The summed E-state index contributed by atoms with van der Waals surface area (Å²) >= 11 is 0. The van der Waals surface area contributed by atoms with Gasteiger partial charge >= 0.3 is 10.2 Å². The lowest BCUT2D eigenvalue weighted by Gasteiger charge is -2.22. The van der Waals surface area contributed by atoms with Gasteiger partial charge in [0, 0.05) is 0 Å². The van der Waals surface area contributed by atoms with Gasteiger partial charge < -0.3 is 5.11 Å². The molecule has 0 atom stereocenters. The minimum Gasteiger partial charge on any atom is -0.506 e. The number of rotatable bonds is 7. The van der Waals surface area contributed by atoms with Gasteiger partial charge in [0.15, 0.2) is 0 Å². The number of carbonyl (C=O) groups excluding carboxylic acids is 1. The molecule has 33 heavy (non-hydrogen) atoms. The van der Waals surface area contributed by atoms with Crippen LogP contribution in [0.5, 0.6) is 5.75 Å². The Labute approximate surface area is 194 Å². The van der Waals surface area contributed by atoms with Gasteiger partial charge in [0.1, 0.15) is 12.3 Å². The molecular weight excluding hydrogens is 466 g/mol. The molecule has 4 rings (SSSR count). The van der Waals surface area contributed by atoms with Crippen molar-refractivity contribution < 1.29 is 26.7 Å². The monoisotopic (exact) mass is 493 g/mol. The van der Waals surface area contributed by atoms with E-state index < -0.39 is 32.7 Å². The SMILES string of the molecule is O=C1CN(c2ccc(Cc3ccccc3NS(=O)(=O)CC3CCCCC3)cc2O)S(=O)(=O)N1. The molecule has 9 nitrogen and oxygen atoms in total. The van der Waals surface area contributed by atoms with Crippen LogP contribution < -0.4 is 13.7 Å². The van der Waals surface area contributed by atoms with Crippen LogP contribution in [-0.2, 0) is 31.4 Å². The van der Waals surface area contributed by atoms with E-state index in [0.717, 1.165) is 42.0 Å². The molecule has 178 valence electrons. The molecule has 1 saturated heterocycles. The highest BCUT2D eigenvalue weighted by Crippen LogP contribution is 2.33. The number of sulfonamides is 1. The van der Waals surface area contributed by atoms with E-state index in [4.69, 9.17) is 0 Å². The fourth-order valence-electron chi connectivity index (χ4n) is 4.42. The number of anilines is 2. The second kappa shape index (κ2) is 9.22. The molecule has 1 aliphatic heterocycles. The number of nitrogens with one attached hydrogen (secondary N) is 2. The lowest BCUT2D eigenvalue weighted by molar-refractivity contribution is -0.117. The molecule has 2 aromatic rings. The van der Waals surface area contributed by atoms with Crippen LogP contribution in [0.15, 0.2) is 42.5 Å². The zero-order valence-corrected chi connectivity index (χ0v) is 19.7. The first kappa shape index (κ1) is 23.4. The zero-order valence-electron chi connectivity index (χ0n) is 18.0. The van der Waals surface area contributed by atoms with Crippen LogP contribution in [-0.4, -0.2) is 40.1 Å². The predicted octanol–water partition coefficient (Wildman–Crippen LogP) is 2.49. The molecule has 1 heterocycles. The summed E-state index contributed by atoms with van der Waals surface area (Å²) in [6.45, 7) is -0.402. The maximum absolute atomic E-state index is 12.8. The van der Waals surface area contributed by atoms with Crippen molar-refractivity contribution in [2.24, 2.45) is 5.92 Å². The number of aromatic hydroxyl groups is 1. The molecule has 1 amide bonds. The van der Waals surface area contributed by atoms with E-state index in [-0.39, 0.29) is 23.1 Å². The first-order chi connectivity index (χ1) is 15.6. The number of benzene rings is 2. The first-order valence-corrected chi connectivity index (χ1v) is 14.0. The van der Waals surface area contributed by atoms with Crippen molar-refractivity contribution in [1.82, 2.24) is 4.72 Å². The third kappa shape index (κ3) is 5.59. The van der Waals surface area contributed by atoms with E-state index in [1.807, 2.05) is 4.72 Å². The van der Waals surface area contributed by atoms with Crippen LogP contribution in [0.3, 0.4) is 0 Å². The van der Waals surface area contributed by atoms with Crippen LogP contribution in [0.2, 0.25) is 0 Å². The Bertz CT molecular complexity index is 1250. The number of phenols is 1. The molecular formula is C22H27N3O6S2. The Hall–Kier alpha value is -2.79. The molecule has 1 aliphatic carbocycles. The number of amides is 1. The Morgan fingerprint density at radius 2 is 1.82 bits per heavy atom. The molecule has 0 radical (unpaired) electrons. The largest absolute Gasteiger partial charge is 0.506 e. The van der Waals surface area contributed by atoms with Crippen molar-refractivity contribution in [3.05, 3.63) is 53.6 Å². The first-order valence-electron chi connectivity index (χ1n) is 10.9. The molecule has 11 heteroatoms. The average molecular weight is 494 g/mol. The summed E-state index contributed by atoms with van der Waals surface area (Å²) in [5.41, 5.74) is 1.86. The molecule has 2 fully saturated rings. The normalized spacial score (nSPS) is 18.8. The predicted molar refractivity (Wildman–Crippen MR) is 126 cm³/mol. The lowest BCUT2D eigenvalue weighted by Crippen LogP contribution is -2.29. The Morgan fingerprint density at radius 3 is 2.48 bits per heavy atom. The van der Waals surface area contributed by atoms with Crippen molar-refractivity contribution in [2.75, 3.05) is 21.3 Å². The van der Waals surface area contributed by atoms with Crippen molar-refractivity contribution in [1.29, 1.82) is 0 Å². The molecule has 0 unspecified atom stereocenters. The average Bonchev–Trinajstić information content (AvgIpc) is 3.01. The van der Waals surface area contributed by atoms with Gasteiger partial charge in [-0.1, -0.05) is 43.5 Å². The maximum atomic E-state index is 12.8. The van der Waals surface area contributed by atoms with E-state index in [1.165, 1.54) is 12.1 Å². The van der Waals surface area contributed by atoms with Crippen LogP contribution in [0.1, 0.15) is 43.2 Å². The van der Waals surface area contributed by atoms with Gasteiger partial charge in [-0.3, -0.25) is 9.52 Å². The highest BCUT2D eigenvalue weighted by Gasteiger charge is 2.35. The Kier molecular flexibility index (Phi) is 6.53. The summed E-state index contributed by atoms with van der Waals surface area (Å²) in [4.78, 5) is 11.5. The summed E-state index contributed by atoms with van der Waals surface area (Å²) in [5, 5.41) is 10.4. The van der Waals surface area contributed by atoms with Gasteiger partial charge in [0.25, 0.3) is 5.91 Å². The second-order valence-corrected chi connectivity index (χ2v) is 11.9. The fraction of sp³-hybridized carbons (Fsp3) is 0.409. The van der Waals surface area contributed by atoms with Crippen molar-refractivity contribution in [3.8, 4) is 5.75 Å². The summed E-state index contributed by atoms with van der Waals surface area (Å²) in [6, 6.07) is 11.5. The quantitative estimate of drug-likeness (QED) is 0.543. The Morgan fingerprint density at radius 1 is 1.09 bits per heavy atom. The van der Waals surface area contributed by atoms with E-state index in [0.29, 0.717) is 17.7 Å². The Balaban J connectivity index is 1.51. The number of hydrogen-bond donors (Lipinski definition) is 3. The van der Waals surface area contributed by atoms with Gasteiger partial charge in [-0.15, -0.1) is 0 Å². The standard InChI is InChI=1S/C22H27N3O6S2/c26-21-13-17(10-11-20(21)25-14-22(27)24-33(25,30)31)12-18-8-4-5-9-19(18)23-32(28,29)15-16-6-2-1-3-7-16/h4-5,8-11,13,16,23,26H,1-3,6-7,12,14-15H2,(H,24,27). The number of para-hydroxylation sites is 1. The summed E-state index contributed by atoms with van der Waals surface area (Å²) in [6.07, 6.45) is 5.48. The summed E-state index contributed by atoms with van der Waals surface area (Å²) < 4.78 is 55.0. The molecule has 2 aromatic carbocycles. The van der Waals surface area contributed by atoms with E-state index >= 15 is 0 Å². The van der Waals surface area contributed by atoms with Crippen molar-refractivity contribution in [2.45, 2.75) is 38.5 Å². The third-order valence-electron chi connectivity index (χ3n) is 5.99. The van der Waals surface area contributed by atoms with Gasteiger partial charge in [-0.2, -0.15) is 8.42 Å². The molecule has 0 spiro atoms. The van der Waals surface area contributed by atoms with Gasteiger partial charge in [-0.25, -0.2) is 17.4 Å². The second-order valence-electron chi connectivity index (χ2n) is 8.58. The maximum Gasteiger partial charge on any atom is 0.326 e. The van der Waals surface area contributed by atoms with E-state index in [2.05, 4.69) is 4.72 Å². The van der Waals surface area contributed by atoms with Gasteiger partial charge in [0.2, 0.25) is 10.0 Å². The van der Waals surface area contributed by atoms with Gasteiger partial charge in [-0.05, 0) is 54.5 Å². The molecule has 1 saturated carbocycles. The number of carbonyl (C=O) groups is 1. The summed E-state index contributed by atoms with van der Waals surface area (Å²) in [7, 11) is -7.53. The third-order valence-corrected chi connectivity index (χ3v) is 8.82. The minimum absolute atomic E-state index is 0.00132. The van der Waals surface area contributed by atoms with Crippen LogP contribution in [0, 0.1) is 5.92 Å². The van der Waals surface area contributed by atoms with Gasteiger partial charge in [0.05, 0.1) is 17.1 Å². The highest BCUT2D eigenvalue weighted by molar-refractivity contribution is 7.92. The number of hydrogen-bond acceptors (Lipinski definition) is 6. The lowest BCUT2D eigenvalue weighted by atomic mass is 9.91. The summed E-state index contributed by atoms with van der Waals surface area (Å²) in [5.74, 6) is -0.680. The van der Waals surface area contributed by atoms with Crippen molar-refractivity contribution >= 4 is 37.5 Å². The topological polar surface area (TPSA) is 133 Å². The minimum atomic E-state index is -4.03. The van der Waals surface area contributed by atoms with Crippen molar-refractivity contribution in [3.63, 3.8) is 0 Å². The highest BCUT2D eigenvalue weighted by atomic mass is 32.2.